The second-order valence-electron chi connectivity index (χ2n) is 8.46. The number of benzene rings is 2. The first kappa shape index (κ1) is 22.9. The maximum Gasteiger partial charge on any atom is 0.233 e. The van der Waals surface area contributed by atoms with Crippen LogP contribution in [0, 0.1) is 6.92 Å². The van der Waals surface area contributed by atoms with Crippen molar-refractivity contribution in [3.8, 4) is 5.69 Å². The highest BCUT2D eigenvalue weighted by molar-refractivity contribution is 7.99. The summed E-state index contributed by atoms with van der Waals surface area (Å²) in [5.74, 6) is 0.411. The normalized spacial score (nSPS) is 18.7. The van der Waals surface area contributed by atoms with Gasteiger partial charge in [0.1, 0.15) is 0 Å². The van der Waals surface area contributed by atoms with Gasteiger partial charge in [0.15, 0.2) is 15.0 Å². The molecule has 2 heterocycles. The van der Waals surface area contributed by atoms with E-state index in [1.807, 2.05) is 50.2 Å². The van der Waals surface area contributed by atoms with E-state index in [0.717, 1.165) is 33.9 Å². The fourth-order valence-electron chi connectivity index (χ4n) is 4.32. The van der Waals surface area contributed by atoms with E-state index in [-0.39, 0.29) is 35.2 Å². The van der Waals surface area contributed by atoms with E-state index in [0.29, 0.717) is 6.42 Å². The minimum absolute atomic E-state index is 0.00279. The zero-order chi connectivity index (χ0) is 22.9. The molecule has 3 aromatic rings. The zero-order valence-electron chi connectivity index (χ0n) is 18.7. The smallest absolute Gasteiger partial charge is 0.233 e. The van der Waals surface area contributed by atoms with Gasteiger partial charge in [-0.05, 0) is 56.5 Å². The second-order valence-corrected chi connectivity index (χ2v) is 11.6. The molecule has 6 nitrogen and oxygen atoms in total. The van der Waals surface area contributed by atoms with Crippen molar-refractivity contribution in [3.63, 3.8) is 0 Å². The van der Waals surface area contributed by atoms with Gasteiger partial charge in [0.2, 0.25) is 5.91 Å². The van der Waals surface area contributed by atoms with Crippen molar-refractivity contribution in [2.45, 2.75) is 50.9 Å². The summed E-state index contributed by atoms with van der Waals surface area (Å²) in [6.45, 7) is 6.08. The van der Waals surface area contributed by atoms with Crippen LogP contribution in [0.3, 0.4) is 0 Å². The van der Waals surface area contributed by atoms with Gasteiger partial charge in [-0.15, -0.1) is 0 Å². The van der Waals surface area contributed by atoms with Crippen LogP contribution in [0.15, 0.2) is 53.7 Å². The van der Waals surface area contributed by atoms with Gasteiger partial charge in [-0.25, -0.2) is 13.4 Å². The molecular formula is C24H29N3O3S2. The number of carbonyl (C=O) groups excluding carboxylic acids is 1. The molecule has 1 aliphatic rings. The maximum absolute atomic E-state index is 13.3. The van der Waals surface area contributed by atoms with Crippen LogP contribution in [-0.2, 0) is 14.6 Å². The molecule has 2 aromatic carbocycles. The SMILES string of the molecule is CCC(C)N(C(=O)CSc1nc2ccccc2n1-c1cccc(C)c1)C1CCS(=O)(=O)C1. The number of imidazole rings is 1. The Labute approximate surface area is 193 Å². The molecular weight excluding hydrogens is 442 g/mol. The topological polar surface area (TPSA) is 72.3 Å². The molecule has 8 heteroatoms. The third kappa shape index (κ3) is 4.71. The van der Waals surface area contributed by atoms with E-state index >= 15 is 0 Å². The molecule has 1 aliphatic heterocycles. The fraction of sp³-hybridized carbons (Fsp3) is 0.417. The number of nitrogens with zero attached hydrogens (tertiary/aromatic N) is 3. The van der Waals surface area contributed by atoms with Crippen molar-refractivity contribution in [1.82, 2.24) is 14.5 Å². The van der Waals surface area contributed by atoms with E-state index in [1.165, 1.54) is 11.8 Å². The molecule has 170 valence electrons. The molecule has 1 fully saturated rings. The standard InChI is InChI=1S/C24H29N3O3S2/c1-4-18(3)26(20-12-13-32(29,30)16-20)23(28)15-31-24-25-21-10-5-6-11-22(21)27(24)19-9-7-8-17(2)14-19/h5-11,14,18,20H,4,12-13,15-16H2,1-3H3. The van der Waals surface area contributed by atoms with Gasteiger partial charge in [0.25, 0.3) is 0 Å². The van der Waals surface area contributed by atoms with Crippen LogP contribution in [0.1, 0.15) is 32.3 Å². The van der Waals surface area contributed by atoms with Gasteiger partial charge in [-0.2, -0.15) is 0 Å². The summed E-state index contributed by atoms with van der Waals surface area (Å²) >= 11 is 1.41. The Kier molecular flexibility index (Phi) is 6.62. The molecule has 32 heavy (non-hydrogen) atoms. The van der Waals surface area contributed by atoms with Crippen molar-refractivity contribution in [1.29, 1.82) is 0 Å². The lowest BCUT2D eigenvalue weighted by Crippen LogP contribution is -2.47. The van der Waals surface area contributed by atoms with Gasteiger partial charge < -0.3 is 4.90 Å². The van der Waals surface area contributed by atoms with E-state index in [9.17, 15) is 13.2 Å². The first-order chi connectivity index (χ1) is 15.3. The molecule has 1 aromatic heterocycles. The molecule has 4 rings (SSSR count). The molecule has 0 saturated carbocycles. The quantitative estimate of drug-likeness (QED) is 0.482. The maximum atomic E-state index is 13.3. The second kappa shape index (κ2) is 9.27. The number of carbonyl (C=O) groups is 1. The summed E-state index contributed by atoms with van der Waals surface area (Å²) in [5.41, 5.74) is 4.03. The predicted octanol–water partition coefficient (Wildman–Crippen LogP) is 4.24. The van der Waals surface area contributed by atoms with Crippen LogP contribution in [0.25, 0.3) is 16.7 Å². The number of fused-ring (bicyclic) bond motifs is 1. The molecule has 0 radical (unpaired) electrons. The Morgan fingerprint density at radius 3 is 2.72 bits per heavy atom. The fourth-order valence-corrected chi connectivity index (χ4v) is 6.93. The van der Waals surface area contributed by atoms with Crippen LogP contribution >= 0.6 is 11.8 Å². The van der Waals surface area contributed by atoms with E-state index in [1.54, 1.807) is 4.90 Å². The molecule has 2 unspecified atom stereocenters. The van der Waals surface area contributed by atoms with Gasteiger partial charge >= 0.3 is 0 Å². The number of para-hydroxylation sites is 2. The van der Waals surface area contributed by atoms with Crippen LogP contribution in [0.2, 0.25) is 0 Å². The zero-order valence-corrected chi connectivity index (χ0v) is 20.3. The number of thioether (sulfide) groups is 1. The van der Waals surface area contributed by atoms with Crippen LogP contribution in [0.4, 0.5) is 0 Å². The van der Waals surface area contributed by atoms with Crippen LogP contribution in [-0.4, -0.2) is 58.1 Å². The average molecular weight is 472 g/mol. The Morgan fingerprint density at radius 1 is 1.25 bits per heavy atom. The number of hydrogen-bond acceptors (Lipinski definition) is 5. The number of sulfone groups is 1. The Morgan fingerprint density at radius 2 is 2.03 bits per heavy atom. The highest BCUT2D eigenvalue weighted by Crippen LogP contribution is 2.30. The molecule has 1 saturated heterocycles. The third-order valence-corrected chi connectivity index (χ3v) is 8.74. The molecule has 0 N–H and O–H groups in total. The molecule has 0 spiro atoms. The number of rotatable bonds is 7. The largest absolute Gasteiger partial charge is 0.335 e. The Balaban J connectivity index is 1.62. The Hall–Kier alpha value is -2.32. The van der Waals surface area contributed by atoms with Crippen LogP contribution < -0.4 is 0 Å². The summed E-state index contributed by atoms with van der Waals surface area (Å²) in [6.07, 6.45) is 1.31. The number of hydrogen-bond donors (Lipinski definition) is 0. The van der Waals surface area contributed by atoms with Crippen molar-refractivity contribution < 1.29 is 13.2 Å². The summed E-state index contributed by atoms with van der Waals surface area (Å²) in [7, 11) is -3.06. The van der Waals surface area contributed by atoms with Crippen molar-refractivity contribution >= 4 is 38.5 Å². The minimum atomic E-state index is -3.06. The van der Waals surface area contributed by atoms with E-state index in [2.05, 4.69) is 23.6 Å². The summed E-state index contributed by atoms with van der Waals surface area (Å²) in [4.78, 5) is 19.9. The van der Waals surface area contributed by atoms with Gasteiger partial charge in [0, 0.05) is 17.8 Å². The first-order valence-corrected chi connectivity index (χ1v) is 13.8. The van der Waals surface area contributed by atoms with Gasteiger partial charge in [-0.1, -0.05) is 43.0 Å². The Bertz CT molecular complexity index is 1240. The monoisotopic (exact) mass is 471 g/mol. The van der Waals surface area contributed by atoms with E-state index in [4.69, 9.17) is 4.98 Å². The highest BCUT2D eigenvalue weighted by atomic mass is 32.2. The number of amides is 1. The van der Waals surface area contributed by atoms with Gasteiger partial charge in [0.05, 0.1) is 28.3 Å². The summed E-state index contributed by atoms with van der Waals surface area (Å²) in [6, 6.07) is 15.9. The molecule has 1 amide bonds. The number of aromatic nitrogens is 2. The third-order valence-electron chi connectivity index (χ3n) is 6.07. The van der Waals surface area contributed by atoms with Crippen LogP contribution in [0.5, 0.6) is 0 Å². The molecule has 0 aliphatic carbocycles. The van der Waals surface area contributed by atoms with Crippen molar-refractivity contribution in [3.05, 3.63) is 54.1 Å². The number of aryl methyl sites for hydroxylation is 1. The predicted molar refractivity (Wildman–Crippen MR) is 130 cm³/mol. The minimum Gasteiger partial charge on any atom is -0.335 e. The summed E-state index contributed by atoms with van der Waals surface area (Å²) < 4.78 is 26.2. The average Bonchev–Trinajstić information content (AvgIpc) is 3.31. The van der Waals surface area contributed by atoms with Crippen molar-refractivity contribution in [2.24, 2.45) is 0 Å². The van der Waals surface area contributed by atoms with Crippen molar-refractivity contribution in [2.75, 3.05) is 17.3 Å². The molecule has 0 bridgehead atoms. The lowest BCUT2D eigenvalue weighted by Gasteiger charge is -2.33. The summed E-state index contributed by atoms with van der Waals surface area (Å²) in [5, 5.41) is 0.758. The molecule has 2 atom stereocenters. The highest BCUT2D eigenvalue weighted by Gasteiger charge is 2.36. The van der Waals surface area contributed by atoms with Gasteiger partial charge in [-0.3, -0.25) is 9.36 Å². The van der Waals surface area contributed by atoms with E-state index < -0.39 is 9.84 Å². The lowest BCUT2D eigenvalue weighted by atomic mass is 10.1. The lowest BCUT2D eigenvalue weighted by molar-refractivity contribution is -0.132. The first-order valence-electron chi connectivity index (χ1n) is 11.0.